The van der Waals surface area contributed by atoms with Crippen LogP contribution in [0.15, 0.2) is 64.3 Å². The Hall–Kier alpha value is -4.62. The minimum atomic E-state index is -0.596. The number of nitrogens with zero attached hydrogens (tertiary/aromatic N) is 6. The Balaban J connectivity index is 1.35. The standard InChI is InChI=1S/C24H21FN8O4/c25-15-3-1-14(2-4-15)19(11-34)29-21-18(22-31-27-12-37-22)10-26-24(30-21)28-16-5-6-17-20(9-16)33-13-36-8-7-32(33)23(17)35/h1-6,9-10,12,19,34H,7-8,11,13H2,(H2,26,28,29,30)/t19-/m1/s1. The molecule has 0 radical (unpaired) electrons. The van der Waals surface area contributed by atoms with Crippen molar-refractivity contribution in [2.75, 3.05) is 23.8 Å². The van der Waals surface area contributed by atoms with Gasteiger partial charge in [-0.05, 0) is 35.9 Å². The molecule has 13 heteroatoms. The number of anilines is 3. The number of benzene rings is 2. The largest absolute Gasteiger partial charge is 0.423 e. The lowest BCUT2D eigenvalue weighted by Gasteiger charge is -2.19. The first-order valence-electron chi connectivity index (χ1n) is 11.5. The molecule has 3 N–H and O–H groups in total. The van der Waals surface area contributed by atoms with Crippen LogP contribution in [-0.4, -0.2) is 47.8 Å². The van der Waals surface area contributed by atoms with Crippen molar-refractivity contribution >= 4 is 28.4 Å². The summed E-state index contributed by atoms with van der Waals surface area (Å²) in [5.41, 5.74) is 2.40. The van der Waals surface area contributed by atoms with E-state index in [4.69, 9.17) is 9.15 Å². The van der Waals surface area contributed by atoms with Crippen LogP contribution < -0.4 is 16.2 Å². The summed E-state index contributed by atoms with van der Waals surface area (Å²) in [4.78, 5) is 21.6. The van der Waals surface area contributed by atoms with E-state index in [9.17, 15) is 14.3 Å². The van der Waals surface area contributed by atoms with Gasteiger partial charge in [-0.15, -0.1) is 10.2 Å². The number of nitrogens with one attached hydrogen (secondary N) is 2. The van der Waals surface area contributed by atoms with E-state index in [0.717, 1.165) is 5.52 Å². The Labute approximate surface area is 208 Å². The fourth-order valence-corrected chi connectivity index (χ4v) is 4.27. The summed E-state index contributed by atoms with van der Waals surface area (Å²) in [7, 11) is 0. The van der Waals surface area contributed by atoms with Crippen molar-refractivity contribution in [2.24, 2.45) is 0 Å². The van der Waals surface area contributed by atoms with Gasteiger partial charge in [0.05, 0.1) is 42.3 Å². The summed E-state index contributed by atoms with van der Waals surface area (Å²) in [6.07, 6.45) is 2.70. The molecule has 1 aliphatic rings. The summed E-state index contributed by atoms with van der Waals surface area (Å²) in [6.45, 7) is 0.988. The van der Waals surface area contributed by atoms with Crippen LogP contribution in [0.25, 0.3) is 22.4 Å². The van der Waals surface area contributed by atoms with E-state index in [2.05, 4.69) is 30.8 Å². The molecule has 0 saturated carbocycles. The first-order valence-corrected chi connectivity index (χ1v) is 11.5. The van der Waals surface area contributed by atoms with Crippen molar-refractivity contribution < 1.29 is 18.7 Å². The second-order valence-corrected chi connectivity index (χ2v) is 8.35. The monoisotopic (exact) mass is 504 g/mol. The summed E-state index contributed by atoms with van der Waals surface area (Å²) < 4.78 is 27.7. The fourth-order valence-electron chi connectivity index (χ4n) is 4.27. The molecule has 0 amide bonds. The molecule has 0 unspecified atom stereocenters. The van der Waals surface area contributed by atoms with Crippen LogP contribution in [0.3, 0.4) is 0 Å². The van der Waals surface area contributed by atoms with Crippen molar-refractivity contribution in [2.45, 2.75) is 19.3 Å². The number of hydrogen-bond acceptors (Lipinski definition) is 10. The number of hydrogen-bond donors (Lipinski definition) is 3. The molecule has 0 aliphatic carbocycles. The van der Waals surface area contributed by atoms with Gasteiger partial charge >= 0.3 is 0 Å². The lowest BCUT2D eigenvalue weighted by molar-refractivity contribution is 0.0179. The van der Waals surface area contributed by atoms with E-state index in [1.807, 2.05) is 6.07 Å². The van der Waals surface area contributed by atoms with Crippen LogP contribution in [-0.2, 0) is 18.0 Å². The zero-order valence-corrected chi connectivity index (χ0v) is 19.3. The predicted octanol–water partition coefficient (Wildman–Crippen LogP) is 2.66. The number of aliphatic hydroxyl groups excluding tert-OH is 1. The van der Waals surface area contributed by atoms with Gasteiger partial charge < -0.3 is 24.9 Å². The van der Waals surface area contributed by atoms with Crippen LogP contribution in [0.5, 0.6) is 0 Å². The maximum atomic E-state index is 13.4. The smallest absolute Gasteiger partial charge is 0.274 e. The van der Waals surface area contributed by atoms with E-state index in [0.29, 0.717) is 41.2 Å². The molecule has 1 aliphatic heterocycles. The molecule has 3 aromatic heterocycles. The van der Waals surface area contributed by atoms with Crippen molar-refractivity contribution in [1.29, 1.82) is 0 Å². The quantitative estimate of drug-likeness (QED) is 0.302. The second-order valence-electron chi connectivity index (χ2n) is 8.35. The molecule has 188 valence electrons. The van der Waals surface area contributed by atoms with Gasteiger partial charge in [-0.2, -0.15) is 4.98 Å². The highest BCUT2D eigenvalue weighted by Gasteiger charge is 2.20. The number of aromatic nitrogens is 6. The number of fused-ring (bicyclic) bond motifs is 3. The Kier molecular flexibility index (Phi) is 5.82. The van der Waals surface area contributed by atoms with Crippen LogP contribution in [0.2, 0.25) is 0 Å². The molecule has 0 bridgehead atoms. The highest BCUT2D eigenvalue weighted by molar-refractivity contribution is 5.83. The average molecular weight is 504 g/mol. The average Bonchev–Trinajstić information content (AvgIpc) is 3.55. The van der Waals surface area contributed by atoms with Gasteiger partial charge in [0.25, 0.3) is 11.4 Å². The van der Waals surface area contributed by atoms with E-state index < -0.39 is 6.04 Å². The van der Waals surface area contributed by atoms with Gasteiger partial charge in [-0.25, -0.2) is 14.1 Å². The van der Waals surface area contributed by atoms with Gasteiger partial charge in [-0.1, -0.05) is 12.1 Å². The van der Waals surface area contributed by atoms with Crippen molar-refractivity contribution in [1.82, 2.24) is 29.5 Å². The van der Waals surface area contributed by atoms with Gasteiger partial charge in [0.2, 0.25) is 12.3 Å². The first kappa shape index (κ1) is 22.8. The Bertz CT molecular complexity index is 1610. The highest BCUT2D eigenvalue weighted by Crippen LogP contribution is 2.29. The lowest BCUT2D eigenvalue weighted by Crippen LogP contribution is -2.30. The van der Waals surface area contributed by atoms with Gasteiger partial charge in [-0.3, -0.25) is 9.48 Å². The number of ether oxygens (including phenoxy) is 1. The molecule has 1 atom stereocenters. The summed E-state index contributed by atoms with van der Waals surface area (Å²) in [5, 5.41) is 24.6. The molecule has 12 nitrogen and oxygen atoms in total. The third-order valence-electron chi connectivity index (χ3n) is 6.09. The van der Waals surface area contributed by atoms with Crippen LogP contribution >= 0.6 is 0 Å². The van der Waals surface area contributed by atoms with E-state index in [1.165, 1.54) is 24.7 Å². The molecule has 5 aromatic rings. The first-order chi connectivity index (χ1) is 18.1. The lowest BCUT2D eigenvalue weighted by atomic mass is 10.1. The number of rotatable bonds is 7. The summed E-state index contributed by atoms with van der Waals surface area (Å²) in [5.74, 6) is 0.372. The maximum absolute atomic E-state index is 13.4. The van der Waals surface area contributed by atoms with E-state index in [1.54, 1.807) is 33.6 Å². The van der Waals surface area contributed by atoms with Gasteiger partial charge in [0.1, 0.15) is 18.4 Å². The number of aliphatic hydroxyl groups is 1. The molecule has 2 aromatic carbocycles. The normalized spacial score (nSPS) is 13.9. The van der Waals surface area contributed by atoms with Crippen LogP contribution in [0.1, 0.15) is 11.6 Å². The molecular weight excluding hydrogens is 483 g/mol. The Morgan fingerprint density at radius 2 is 2.03 bits per heavy atom. The van der Waals surface area contributed by atoms with Crippen molar-refractivity contribution in [3.63, 3.8) is 0 Å². The SMILES string of the molecule is O=c1c2ccc(Nc3ncc(-c4nnco4)c(N[C@H](CO)c4ccc(F)cc4)n3)cc2n2n1CCOC2. The van der Waals surface area contributed by atoms with Crippen molar-refractivity contribution in [3.8, 4) is 11.5 Å². The van der Waals surface area contributed by atoms with Crippen LogP contribution in [0, 0.1) is 5.82 Å². The third kappa shape index (κ3) is 4.30. The minimum absolute atomic E-state index is 0.0627. The molecule has 4 heterocycles. The van der Waals surface area contributed by atoms with Crippen LogP contribution in [0.4, 0.5) is 21.8 Å². The molecular formula is C24H21FN8O4. The predicted molar refractivity (Wildman–Crippen MR) is 131 cm³/mol. The molecule has 37 heavy (non-hydrogen) atoms. The summed E-state index contributed by atoms with van der Waals surface area (Å²) >= 11 is 0. The molecule has 0 spiro atoms. The highest BCUT2D eigenvalue weighted by atomic mass is 19.1. The molecule has 0 fully saturated rings. The second kappa shape index (κ2) is 9.44. The van der Waals surface area contributed by atoms with E-state index >= 15 is 0 Å². The topological polar surface area (TPSA) is 145 Å². The molecule has 0 saturated heterocycles. The van der Waals surface area contributed by atoms with Gasteiger partial charge in [0, 0.05) is 11.9 Å². The third-order valence-corrected chi connectivity index (χ3v) is 6.09. The van der Waals surface area contributed by atoms with Crippen molar-refractivity contribution in [3.05, 3.63) is 76.8 Å². The Morgan fingerprint density at radius 3 is 2.81 bits per heavy atom. The summed E-state index contributed by atoms with van der Waals surface area (Å²) in [6, 6.07) is 10.6. The molecule has 6 rings (SSSR count). The van der Waals surface area contributed by atoms with Gasteiger partial charge in [0.15, 0.2) is 0 Å². The fraction of sp³-hybridized carbons (Fsp3) is 0.208. The number of halogens is 1. The van der Waals surface area contributed by atoms with E-state index in [-0.39, 0.29) is 36.6 Å². The Morgan fingerprint density at radius 1 is 1.16 bits per heavy atom. The maximum Gasteiger partial charge on any atom is 0.274 e. The minimum Gasteiger partial charge on any atom is -0.423 e. The zero-order chi connectivity index (χ0) is 25.4. The zero-order valence-electron chi connectivity index (χ0n) is 19.3.